The van der Waals surface area contributed by atoms with Gasteiger partial charge in [0.25, 0.3) is 0 Å². The van der Waals surface area contributed by atoms with E-state index in [1.165, 1.54) is 6.42 Å². The van der Waals surface area contributed by atoms with Crippen molar-refractivity contribution in [2.45, 2.75) is 12.5 Å². The van der Waals surface area contributed by atoms with Gasteiger partial charge in [-0.05, 0) is 13.0 Å². The van der Waals surface area contributed by atoms with Crippen molar-refractivity contribution in [1.29, 1.82) is 0 Å². The number of piperidine rings is 1. The van der Waals surface area contributed by atoms with Crippen molar-refractivity contribution < 1.29 is 0 Å². The molecule has 2 unspecified atom stereocenters. The third-order valence-corrected chi connectivity index (χ3v) is 2.85. The summed E-state index contributed by atoms with van der Waals surface area (Å²) in [5, 5.41) is 7.50. The van der Waals surface area contributed by atoms with E-state index in [9.17, 15) is 0 Å². The second-order valence-electron chi connectivity index (χ2n) is 2.78. The summed E-state index contributed by atoms with van der Waals surface area (Å²) in [5.74, 6) is 0.667. The number of fused-ring (bicyclic) bond motifs is 1. The van der Waals surface area contributed by atoms with Crippen LogP contribution in [0.5, 0.6) is 0 Å². The number of halogens is 1. The fraction of sp³-hybridized carbons (Fsp3) is 0.833. The van der Waals surface area contributed by atoms with E-state index in [0.717, 1.165) is 13.1 Å². The van der Waals surface area contributed by atoms with Crippen LogP contribution in [0.3, 0.4) is 0 Å². The second kappa shape index (κ2) is 2.51. The number of nitrogens with zero attached hydrogens (tertiary/aromatic N) is 2. The van der Waals surface area contributed by atoms with Crippen LogP contribution in [0.2, 0.25) is 0 Å². The Kier molecular flexibility index (Phi) is 1.66. The Labute approximate surface area is 68.8 Å². The van der Waals surface area contributed by atoms with Crippen molar-refractivity contribution in [3.63, 3.8) is 0 Å². The molecule has 0 aromatic heterocycles. The maximum Gasteiger partial charge on any atom is 0.0796 e. The van der Waals surface area contributed by atoms with E-state index < -0.39 is 0 Å². The molecule has 10 heavy (non-hydrogen) atoms. The Hall–Kier alpha value is -0.0900. The van der Waals surface area contributed by atoms with Crippen LogP contribution in [0, 0.1) is 5.92 Å². The van der Waals surface area contributed by atoms with Crippen molar-refractivity contribution in [3.05, 3.63) is 0 Å². The first-order chi connectivity index (χ1) is 4.88. The molecule has 2 aliphatic rings. The lowest BCUT2D eigenvalue weighted by Gasteiger charge is -2.27. The second-order valence-corrected chi connectivity index (χ2v) is 3.50. The average Bonchev–Trinajstić information content (AvgIpc) is 2.34. The van der Waals surface area contributed by atoms with Crippen LogP contribution in [0.4, 0.5) is 0 Å². The highest BCUT2D eigenvalue weighted by Gasteiger charge is 2.31. The fourth-order valence-electron chi connectivity index (χ4n) is 1.50. The molecule has 56 valence electrons. The topological polar surface area (TPSA) is 27.6 Å². The zero-order valence-electron chi connectivity index (χ0n) is 5.63. The van der Waals surface area contributed by atoms with Gasteiger partial charge in [-0.1, -0.05) is 0 Å². The van der Waals surface area contributed by atoms with E-state index in [0.29, 0.717) is 12.0 Å². The van der Waals surface area contributed by atoms with E-state index in [-0.39, 0.29) is 0 Å². The van der Waals surface area contributed by atoms with E-state index in [1.54, 1.807) is 0 Å². The molecular formula is C6H10BrN3. The molecule has 1 fully saturated rings. The minimum absolute atomic E-state index is 0.550. The molecule has 4 heteroatoms. The molecule has 2 aliphatic heterocycles. The zero-order chi connectivity index (χ0) is 6.97. The summed E-state index contributed by atoms with van der Waals surface area (Å²) in [7, 11) is 0. The molecule has 3 nitrogen and oxygen atoms in total. The smallest absolute Gasteiger partial charge is 0.0796 e. The molecule has 0 aromatic carbocycles. The minimum atomic E-state index is 0.550. The largest absolute Gasteiger partial charge is 0.315 e. The first-order valence-electron chi connectivity index (χ1n) is 3.58. The van der Waals surface area contributed by atoms with Gasteiger partial charge in [-0.15, -0.1) is 0 Å². The standard InChI is InChI=1S/C6H10BrN3/c7-10-6-4-8-2-1-5(6)3-9-10/h3,5-6,8H,1-2,4H2. The highest BCUT2D eigenvalue weighted by molar-refractivity contribution is 9.07. The van der Waals surface area contributed by atoms with Crippen LogP contribution >= 0.6 is 16.1 Å². The van der Waals surface area contributed by atoms with E-state index in [4.69, 9.17) is 0 Å². The molecule has 0 bridgehead atoms. The average molecular weight is 204 g/mol. The van der Waals surface area contributed by atoms with Crippen molar-refractivity contribution in [3.8, 4) is 0 Å². The highest BCUT2D eigenvalue weighted by atomic mass is 79.9. The Balaban J connectivity index is 2.07. The maximum atomic E-state index is 4.17. The van der Waals surface area contributed by atoms with Crippen molar-refractivity contribution in [1.82, 2.24) is 9.35 Å². The van der Waals surface area contributed by atoms with Gasteiger partial charge in [0.2, 0.25) is 0 Å². The molecule has 1 N–H and O–H groups in total. The van der Waals surface area contributed by atoms with Crippen LogP contribution in [0.25, 0.3) is 0 Å². The Morgan fingerprint density at radius 3 is 3.40 bits per heavy atom. The van der Waals surface area contributed by atoms with Crippen molar-refractivity contribution in [2.75, 3.05) is 13.1 Å². The molecular weight excluding hydrogens is 194 g/mol. The van der Waals surface area contributed by atoms with Gasteiger partial charge in [0, 0.05) is 18.7 Å². The lowest BCUT2D eigenvalue weighted by Crippen LogP contribution is -2.43. The third kappa shape index (κ3) is 0.953. The van der Waals surface area contributed by atoms with Gasteiger partial charge in [-0.25, -0.2) is 4.03 Å². The molecule has 2 heterocycles. The Morgan fingerprint density at radius 1 is 1.70 bits per heavy atom. The zero-order valence-corrected chi connectivity index (χ0v) is 7.21. The first-order valence-corrected chi connectivity index (χ1v) is 4.28. The van der Waals surface area contributed by atoms with Crippen LogP contribution in [-0.4, -0.2) is 29.4 Å². The maximum absolute atomic E-state index is 4.17. The predicted octanol–water partition coefficient (Wildman–Crippen LogP) is 0.576. The van der Waals surface area contributed by atoms with E-state index in [1.807, 2.05) is 10.2 Å². The van der Waals surface area contributed by atoms with Gasteiger partial charge in [-0.2, -0.15) is 5.10 Å². The van der Waals surface area contributed by atoms with Crippen LogP contribution in [0.1, 0.15) is 6.42 Å². The highest BCUT2D eigenvalue weighted by Crippen LogP contribution is 2.24. The summed E-state index contributed by atoms with van der Waals surface area (Å²) in [5.41, 5.74) is 0. The summed E-state index contributed by atoms with van der Waals surface area (Å²) in [6, 6.07) is 0.550. The molecule has 2 rings (SSSR count). The molecule has 0 spiro atoms. The number of hydrogen-bond donors (Lipinski definition) is 1. The quantitative estimate of drug-likeness (QED) is 0.584. The summed E-state index contributed by atoms with van der Waals surface area (Å²) in [6.45, 7) is 2.18. The minimum Gasteiger partial charge on any atom is -0.315 e. The molecule has 2 atom stereocenters. The fourth-order valence-corrected chi connectivity index (χ4v) is 2.06. The summed E-state index contributed by atoms with van der Waals surface area (Å²) >= 11 is 3.38. The van der Waals surface area contributed by atoms with Crippen LogP contribution in [0.15, 0.2) is 5.10 Å². The number of rotatable bonds is 0. The molecule has 0 saturated carbocycles. The molecule has 0 aliphatic carbocycles. The predicted molar refractivity (Wildman–Crippen MR) is 44.0 cm³/mol. The Morgan fingerprint density at radius 2 is 2.60 bits per heavy atom. The third-order valence-electron chi connectivity index (χ3n) is 2.14. The van der Waals surface area contributed by atoms with Gasteiger partial charge in [0.15, 0.2) is 0 Å². The van der Waals surface area contributed by atoms with Crippen LogP contribution < -0.4 is 5.32 Å². The van der Waals surface area contributed by atoms with Gasteiger partial charge >= 0.3 is 0 Å². The monoisotopic (exact) mass is 203 g/mol. The summed E-state index contributed by atoms with van der Waals surface area (Å²) < 4.78 is 1.88. The SMILES string of the molecule is BrN1N=CC2CCNCC21. The van der Waals surface area contributed by atoms with Gasteiger partial charge < -0.3 is 5.32 Å². The van der Waals surface area contributed by atoms with Gasteiger partial charge in [-0.3, -0.25) is 0 Å². The molecule has 0 radical (unpaired) electrons. The van der Waals surface area contributed by atoms with E-state index >= 15 is 0 Å². The van der Waals surface area contributed by atoms with Crippen LogP contribution in [-0.2, 0) is 0 Å². The normalized spacial score (nSPS) is 38.3. The summed E-state index contributed by atoms with van der Waals surface area (Å²) in [4.78, 5) is 0. The lowest BCUT2D eigenvalue weighted by molar-refractivity contribution is 0.295. The lowest BCUT2D eigenvalue weighted by atomic mass is 9.96. The van der Waals surface area contributed by atoms with Gasteiger partial charge in [0.1, 0.15) is 0 Å². The first kappa shape index (κ1) is 6.61. The molecule has 0 amide bonds. The molecule has 0 aromatic rings. The number of hydrazone groups is 1. The summed E-state index contributed by atoms with van der Waals surface area (Å²) in [6.07, 6.45) is 3.26. The number of nitrogens with one attached hydrogen (secondary N) is 1. The number of hydrogen-bond acceptors (Lipinski definition) is 3. The van der Waals surface area contributed by atoms with Crippen molar-refractivity contribution >= 4 is 22.4 Å². The van der Waals surface area contributed by atoms with E-state index in [2.05, 4.69) is 26.6 Å². The molecule has 1 saturated heterocycles. The van der Waals surface area contributed by atoms with Gasteiger partial charge in [0.05, 0.1) is 22.2 Å². The Bertz CT molecular complexity index is 159. The van der Waals surface area contributed by atoms with Crippen molar-refractivity contribution in [2.24, 2.45) is 11.0 Å².